The van der Waals surface area contributed by atoms with E-state index in [1.54, 1.807) is 20.1 Å². The van der Waals surface area contributed by atoms with Gasteiger partial charge in [0.2, 0.25) is 0 Å². The molecule has 0 unspecified atom stereocenters. The number of hydrogen-bond donors (Lipinski definition) is 1. The van der Waals surface area contributed by atoms with Gasteiger partial charge in [-0.25, -0.2) is 4.98 Å². The number of nitrogens with zero attached hydrogens (tertiary/aromatic N) is 4. The maximum absolute atomic E-state index is 12.9. The molecule has 6 nitrogen and oxygen atoms in total. The molecule has 0 aliphatic heterocycles. The largest absolute Gasteiger partial charge is 0.496 e. The second kappa shape index (κ2) is 6.23. The molecule has 0 spiro atoms. The number of rotatable bonds is 4. The second-order valence-electron chi connectivity index (χ2n) is 5.54. The summed E-state index contributed by atoms with van der Waals surface area (Å²) in [5, 5.41) is 6.69. The molecule has 3 aromatic rings. The molecule has 2 heterocycles. The van der Waals surface area contributed by atoms with Gasteiger partial charge >= 0.3 is 6.18 Å². The van der Waals surface area contributed by atoms with E-state index in [1.807, 2.05) is 31.2 Å². The highest BCUT2D eigenvalue weighted by molar-refractivity contribution is 5.48. The van der Waals surface area contributed by atoms with Crippen LogP contribution < -0.4 is 10.1 Å². The fourth-order valence-electron chi connectivity index (χ4n) is 2.53. The highest BCUT2D eigenvalue weighted by Gasteiger charge is 2.37. The molecule has 0 fully saturated rings. The second-order valence-corrected chi connectivity index (χ2v) is 5.54. The number of methoxy groups -OCH3 is 1. The lowest BCUT2D eigenvalue weighted by Gasteiger charge is -2.18. The van der Waals surface area contributed by atoms with Crippen molar-refractivity contribution in [3.05, 3.63) is 47.4 Å². The summed E-state index contributed by atoms with van der Waals surface area (Å²) in [7, 11) is 1.56. The summed E-state index contributed by atoms with van der Waals surface area (Å²) in [5.74, 6) is -0.288. The van der Waals surface area contributed by atoms with Crippen LogP contribution in [0.2, 0.25) is 0 Å². The van der Waals surface area contributed by atoms with Crippen molar-refractivity contribution in [3.63, 3.8) is 0 Å². The Morgan fingerprint density at radius 3 is 2.60 bits per heavy atom. The molecule has 25 heavy (non-hydrogen) atoms. The summed E-state index contributed by atoms with van der Waals surface area (Å²) in [5.41, 5.74) is 1.40. The summed E-state index contributed by atoms with van der Waals surface area (Å²) in [4.78, 5) is 7.48. The SMILES string of the molecule is COc1ccccc1[C@H](C)Nc1cc(C)nc2nc(C(F)(F)F)nn12. The van der Waals surface area contributed by atoms with Crippen LogP contribution in [0.25, 0.3) is 5.78 Å². The molecule has 0 saturated heterocycles. The minimum Gasteiger partial charge on any atom is -0.496 e. The molecule has 132 valence electrons. The average Bonchev–Trinajstić information content (AvgIpc) is 2.99. The van der Waals surface area contributed by atoms with Crippen molar-refractivity contribution in [3.8, 4) is 5.75 Å². The van der Waals surface area contributed by atoms with E-state index >= 15 is 0 Å². The van der Waals surface area contributed by atoms with Crippen molar-refractivity contribution in [2.24, 2.45) is 0 Å². The topological polar surface area (TPSA) is 64.3 Å². The number of ether oxygens (including phenoxy) is 1. The standard InChI is InChI=1S/C16H16F3N5O/c1-9-8-13(21-10(2)11-6-4-5-7-12(11)25-3)24-15(20-9)22-14(23-24)16(17,18)19/h4-8,10,21H,1-3H3/t10-/m0/s1. The Kier molecular flexibility index (Phi) is 4.23. The summed E-state index contributed by atoms with van der Waals surface area (Å²) < 4.78 is 45.0. The molecule has 2 aromatic heterocycles. The first-order chi connectivity index (χ1) is 11.8. The number of fused-ring (bicyclic) bond motifs is 1. The van der Waals surface area contributed by atoms with Crippen LogP contribution in [0.3, 0.4) is 0 Å². The van der Waals surface area contributed by atoms with Gasteiger partial charge in [0.05, 0.1) is 13.2 Å². The van der Waals surface area contributed by atoms with E-state index in [4.69, 9.17) is 4.74 Å². The van der Waals surface area contributed by atoms with Crippen LogP contribution in [-0.2, 0) is 6.18 Å². The van der Waals surface area contributed by atoms with Crippen molar-refractivity contribution < 1.29 is 17.9 Å². The van der Waals surface area contributed by atoms with Gasteiger partial charge < -0.3 is 10.1 Å². The monoisotopic (exact) mass is 351 g/mol. The number of halogens is 3. The van der Waals surface area contributed by atoms with Gasteiger partial charge in [-0.15, -0.1) is 5.10 Å². The average molecular weight is 351 g/mol. The van der Waals surface area contributed by atoms with Crippen LogP contribution in [-0.4, -0.2) is 26.7 Å². The van der Waals surface area contributed by atoms with E-state index in [1.165, 1.54) is 0 Å². The van der Waals surface area contributed by atoms with E-state index < -0.39 is 12.0 Å². The van der Waals surface area contributed by atoms with Crippen LogP contribution >= 0.6 is 0 Å². The van der Waals surface area contributed by atoms with E-state index in [9.17, 15) is 13.2 Å². The first-order valence-corrected chi connectivity index (χ1v) is 7.50. The molecular weight excluding hydrogens is 335 g/mol. The van der Waals surface area contributed by atoms with Crippen LogP contribution in [0.1, 0.15) is 30.0 Å². The smallest absolute Gasteiger partial charge is 0.453 e. The zero-order valence-corrected chi connectivity index (χ0v) is 13.8. The lowest BCUT2D eigenvalue weighted by molar-refractivity contribution is -0.144. The minimum atomic E-state index is -4.63. The highest BCUT2D eigenvalue weighted by Crippen LogP contribution is 2.29. The number of alkyl halides is 3. The molecule has 9 heteroatoms. The maximum atomic E-state index is 12.9. The Morgan fingerprint density at radius 2 is 1.92 bits per heavy atom. The Morgan fingerprint density at radius 1 is 1.20 bits per heavy atom. The molecule has 0 radical (unpaired) electrons. The fraction of sp³-hybridized carbons (Fsp3) is 0.312. The van der Waals surface area contributed by atoms with E-state index in [-0.39, 0.29) is 11.8 Å². The number of anilines is 1. The fourth-order valence-corrected chi connectivity index (χ4v) is 2.53. The van der Waals surface area contributed by atoms with Crippen molar-refractivity contribution in [2.75, 3.05) is 12.4 Å². The molecule has 0 amide bonds. The Hall–Kier alpha value is -2.84. The van der Waals surface area contributed by atoms with E-state index in [0.717, 1.165) is 10.1 Å². The third-order valence-corrected chi connectivity index (χ3v) is 3.66. The zero-order chi connectivity index (χ0) is 18.2. The molecule has 1 aromatic carbocycles. The van der Waals surface area contributed by atoms with Gasteiger partial charge in [-0.2, -0.15) is 22.7 Å². The van der Waals surface area contributed by atoms with Gasteiger partial charge in [-0.05, 0) is 19.9 Å². The quantitative estimate of drug-likeness (QED) is 0.778. The first-order valence-electron chi connectivity index (χ1n) is 7.50. The first kappa shape index (κ1) is 17.0. The van der Waals surface area contributed by atoms with Gasteiger partial charge in [-0.3, -0.25) is 0 Å². The molecule has 3 rings (SSSR count). The number of nitrogens with one attached hydrogen (secondary N) is 1. The number of aryl methyl sites for hydroxylation is 1. The van der Waals surface area contributed by atoms with Gasteiger partial charge in [0, 0.05) is 17.3 Å². The molecular formula is C16H16F3N5O. The number of hydrogen-bond acceptors (Lipinski definition) is 5. The highest BCUT2D eigenvalue weighted by atomic mass is 19.4. The summed E-state index contributed by atoms with van der Waals surface area (Å²) in [6.45, 7) is 3.56. The van der Waals surface area contributed by atoms with E-state index in [0.29, 0.717) is 17.3 Å². The third kappa shape index (κ3) is 3.35. The number of benzene rings is 1. The molecule has 0 bridgehead atoms. The van der Waals surface area contributed by atoms with Gasteiger partial charge in [0.15, 0.2) is 0 Å². The van der Waals surface area contributed by atoms with Crippen LogP contribution in [0.15, 0.2) is 30.3 Å². The normalized spacial score (nSPS) is 13.0. The lowest BCUT2D eigenvalue weighted by Crippen LogP contribution is -2.13. The summed E-state index contributed by atoms with van der Waals surface area (Å²) in [6.07, 6.45) is -4.63. The van der Waals surface area contributed by atoms with Crippen LogP contribution in [0, 0.1) is 6.92 Å². The molecule has 0 aliphatic rings. The predicted octanol–water partition coefficient (Wildman–Crippen LogP) is 3.63. The molecule has 1 atom stereocenters. The Balaban J connectivity index is 2.02. The Labute approximate surface area is 141 Å². The predicted molar refractivity (Wildman–Crippen MR) is 85.6 cm³/mol. The van der Waals surface area contributed by atoms with Gasteiger partial charge in [0.1, 0.15) is 11.6 Å². The van der Waals surface area contributed by atoms with Crippen molar-refractivity contribution >= 4 is 11.6 Å². The molecule has 0 aliphatic carbocycles. The lowest BCUT2D eigenvalue weighted by atomic mass is 10.1. The maximum Gasteiger partial charge on any atom is 0.453 e. The summed E-state index contributed by atoms with van der Waals surface area (Å²) in [6, 6.07) is 8.79. The van der Waals surface area contributed by atoms with Gasteiger partial charge in [-0.1, -0.05) is 18.2 Å². The van der Waals surface area contributed by atoms with Crippen LogP contribution in [0.5, 0.6) is 5.75 Å². The van der Waals surface area contributed by atoms with Crippen molar-refractivity contribution in [1.82, 2.24) is 19.6 Å². The van der Waals surface area contributed by atoms with Crippen molar-refractivity contribution in [1.29, 1.82) is 0 Å². The minimum absolute atomic E-state index is 0.109. The Bertz CT molecular complexity index is 906. The zero-order valence-electron chi connectivity index (χ0n) is 13.8. The third-order valence-electron chi connectivity index (χ3n) is 3.66. The van der Waals surface area contributed by atoms with Crippen molar-refractivity contribution in [2.45, 2.75) is 26.1 Å². The number of para-hydroxylation sites is 1. The number of aromatic nitrogens is 4. The summed E-state index contributed by atoms with van der Waals surface area (Å²) >= 11 is 0. The molecule has 0 saturated carbocycles. The van der Waals surface area contributed by atoms with Gasteiger partial charge in [0.25, 0.3) is 11.6 Å². The molecule has 1 N–H and O–H groups in total. The van der Waals surface area contributed by atoms with E-state index in [2.05, 4.69) is 20.4 Å². The van der Waals surface area contributed by atoms with Crippen LogP contribution in [0.4, 0.5) is 19.0 Å².